The first-order valence-electron chi connectivity index (χ1n) is 10.9. The van der Waals surface area contributed by atoms with Gasteiger partial charge in [-0.3, -0.25) is 4.99 Å². The minimum atomic E-state index is -0.510. The number of methoxy groups -OCH3 is 1. The molecule has 3 N–H and O–H groups in total. The molecule has 178 valence electrons. The summed E-state index contributed by atoms with van der Waals surface area (Å²) >= 11 is 0. The molecule has 1 unspecified atom stereocenters. The Morgan fingerprint density at radius 3 is 2.37 bits per heavy atom. The van der Waals surface area contributed by atoms with Crippen molar-refractivity contribution in [3.63, 3.8) is 0 Å². The molecule has 1 aliphatic heterocycles. The molecule has 0 bridgehead atoms. The number of carbonyl (C=O) groups is 1. The lowest BCUT2D eigenvalue weighted by Gasteiger charge is -2.33. The van der Waals surface area contributed by atoms with Gasteiger partial charge in [-0.25, -0.2) is 4.79 Å². The number of hydrogen-bond acceptors (Lipinski definition) is 5. The topological polar surface area (TPSA) is 87.2 Å². The predicted molar refractivity (Wildman–Crippen MR) is 134 cm³/mol. The van der Waals surface area contributed by atoms with Gasteiger partial charge in [-0.2, -0.15) is 0 Å². The first-order valence-corrected chi connectivity index (χ1v) is 10.9. The summed E-state index contributed by atoms with van der Waals surface area (Å²) in [6.45, 7) is 17.0. The summed E-state index contributed by atoms with van der Waals surface area (Å²) in [7, 11) is 1.75. The van der Waals surface area contributed by atoms with Crippen LogP contribution >= 0.6 is 24.0 Å². The SMILES string of the molecule is CCNC(=NCC(NC(=O)OC(C)(C)C)C(C)C)NC1CCN(CCOC)CC1.I. The highest BCUT2D eigenvalue weighted by Crippen LogP contribution is 2.11. The van der Waals surface area contributed by atoms with Gasteiger partial charge in [0, 0.05) is 39.3 Å². The molecule has 0 aromatic heterocycles. The Morgan fingerprint density at radius 1 is 1.23 bits per heavy atom. The number of halogens is 1. The molecular formula is C21H44IN5O3. The van der Waals surface area contributed by atoms with Crippen LogP contribution in [0.25, 0.3) is 0 Å². The third-order valence-electron chi connectivity index (χ3n) is 4.84. The van der Waals surface area contributed by atoms with E-state index in [1.165, 1.54) is 0 Å². The van der Waals surface area contributed by atoms with E-state index in [0.717, 1.165) is 51.6 Å². The normalized spacial score (nSPS) is 17.3. The maximum Gasteiger partial charge on any atom is 0.407 e. The second-order valence-electron chi connectivity index (χ2n) is 8.97. The van der Waals surface area contributed by atoms with Gasteiger partial charge >= 0.3 is 6.09 Å². The van der Waals surface area contributed by atoms with Crippen molar-refractivity contribution in [2.24, 2.45) is 10.9 Å². The lowest BCUT2D eigenvalue weighted by atomic mass is 10.0. The van der Waals surface area contributed by atoms with Gasteiger partial charge in [0.2, 0.25) is 0 Å². The highest BCUT2D eigenvalue weighted by molar-refractivity contribution is 14.0. The number of likely N-dealkylation sites (tertiary alicyclic amines) is 1. The number of guanidine groups is 1. The number of ether oxygens (including phenoxy) is 2. The van der Waals surface area contributed by atoms with E-state index in [4.69, 9.17) is 14.5 Å². The van der Waals surface area contributed by atoms with Crippen molar-refractivity contribution >= 4 is 36.0 Å². The summed E-state index contributed by atoms with van der Waals surface area (Å²) in [5, 5.41) is 9.84. The van der Waals surface area contributed by atoms with Gasteiger partial charge in [0.05, 0.1) is 19.2 Å². The minimum Gasteiger partial charge on any atom is -0.444 e. The summed E-state index contributed by atoms with van der Waals surface area (Å²) < 4.78 is 10.6. The van der Waals surface area contributed by atoms with Gasteiger partial charge in [0.15, 0.2) is 5.96 Å². The second-order valence-corrected chi connectivity index (χ2v) is 8.97. The first kappa shape index (κ1) is 29.2. The summed E-state index contributed by atoms with van der Waals surface area (Å²) in [6, 6.07) is 0.319. The number of amides is 1. The summed E-state index contributed by atoms with van der Waals surface area (Å²) in [4.78, 5) is 19.3. The Balaban J connectivity index is 0.00000841. The molecule has 1 rings (SSSR count). The van der Waals surface area contributed by atoms with Gasteiger partial charge in [0.25, 0.3) is 0 Å². The maximum absolute atomic E-state index is 12.1. The molecule has 1 aliphatic rings. The summed E-state index contributed by atoms with van der Waals surface area (Å²) in [5.74, 6) is 1.05. The Morgan fingerprint density at radius 2 is 1.87 bits per heavy atom. The largest absolute Gasteiger partial charge is 0.444 e. The van der Waals surface area contributed by atoms with E-state index >= 15 is 0 Å². The molecule has 0 spiro atoms. The molecule has 0 radical (unpaired) electrons. The van der Waals surface area contributed by atoms with Gasteiger partial charge in [-0.05, 0) is 46.5 Å². The van der Waals surface area contributed by atoms with Crippen LogP contribution in [-0.2, 0) is 9.47 Å². The highest BCUT2D eigenvalue weighted by atomic mass is 127. The summed E-state index contributed by atoms with van der Waals surface area (Å²) in [5.41, 5.74) is -0.510. The van der Waals surface area contributed by atoms with Crippen LogP contribution in [0.3, 0.4) is 0 Å². The van der Waals surface area contributed by atoms with E-state index < -0.39 is 11.7 Å². The van der Waals surface area contributed by atoms with Crippen molar-refractivity contribution in [3.05, 3.63) is 0 Å². The maximum atomic E-state index is 12.1. The first-order chi connectivity index (χ1) is 13.6. The third kappa shape index (κ3) is 12.8. The Hall–Kier alpha value is -0.810. The highest BCUT2D eigenvalue weighted by Gasteiger charge is 2.22. The quantitative estimate of drug-likeness (QED) is 0.237. The van der Waals surface area contributed by atoms with E-state index in [1.807, 2.05) is 20.8 Å². The average molecular weight is 542 g/mol. The fourth-order valence-electron chi connectivity index (χ4n) is 3.11. The number of aliphatic imine (C=N–C) groups is 1. The van der Waals surface area contributed by atoms with Crippen LogP contribution in [0.1, 0.15) is 54.4 Å². The smallest absolute Gasteiger partial charge is 0.407 e. The lowest BCUT2D eigenvalue weighted by molar-refractivity contribution is 0.0493. The molecule has 1 fully saturated rings. The average Bonchev–Trinajstić information content (AvgIpc) is 2.62. The van der Waals surface area contributed by atoms with E-state index in [1.54, 1.807) is 7.11 Å². The Kier molecular flexibility index (Phi) is 14.7. The number of piperidine rings is 1. The minimum absolute atomic E-state index is 0. The molecule has 9 heteroatoms. The molecule has 30 heavy (non-hydrogen) atoms. The number of rotatable bonds is 9. The van der Waals surface area contributed by atoms with Crippen LogP contribution in [0.15, 0.2) is 4.99 Å². The van der Waals surface area contributed by atoms with Crippen molar-refractivity contribution in [2.45, 2.75) is 72.1 Å². The number of nitrogens with zero attached hydrogens (tertiary/aromatic N) is 2. The van der Waals surface area contributed by atoms with Crippen LogP contribution in [0.5, 0.6) is 0 Å². The van der Waals surface area contributed by atoms with Crippen molar-refractivity contribution < 1.29 is 14.3 Å². The van der Waals surface area contributed by atoms with Crippen LogP contribution < -0.4 is 16.0 Å². The molecule has 0 aromatic carbocycles. The molecule has 0 aromatic rings. The molecule has 0 aliphatic carbocycles. The van der Waals surface area contributed by atoms with Crippen LogP contribution in [-0.4, -0.2) is 81.1 Å². The zero-order chi connectivity index (χ0) is 21.9. The Labute approximate surface area is 200 Å². The fraction of sp³-hybridized carbons (Fsp3) is 0.905. The lowest BCUT2D eigenvalue weighted by Crippen LogP contribution is -2.50. The number of nitrogens with one attached hydrogen (secondary N) is 3. The van der Waals surface area contributed by atoms with Crippen LogP contribution in [0.4, 0.5) is 4.79 Å². The molecule has 1 amide bonds. The number of alkyl carbamates (subject to hydrolysis) is 1. The van der Waals surface area contributed by atoms with E-state index in [0.29, 0.717) is 12.6 Å². The Bertz CT molecular complexity index is 503. The van der Waals surface area contributed by atoms with Crippen molar-refractivity contribution in [3.8, 4) is 0 Å². The molecule has 1 heterocycles. The second kappa shape index (κ2) is 15.1. The number of carbonyl (C=O) groups excluding carboxylic acids is 1. The monoisotopic (exact) mass is 541 g/mol. The van der Waals surface area contributed by atoms with E-state index in [2.05, 4.69) is 41.6 Å². The molecule has 8 nitrogen and oxygen atoms in total. The summed E-state index contributed by atoms with van der Waals surface area (Å²) in [6.07, 6.45) is 1.77. The van der Waals surface area contributed by atoms with Crippen molar-refractivity contribution in [1.82, 2.24) is 20.9 Å². The predicted octanol–water partition coefficient (Wildman–Crippen LogP) is 2.82. The van der Waals surface area contributed by atoms with Gasteiger partial charge in [-0.1, -0.05) is 13.8 Å². The molecular weight excluding hydrogens is 497 g/mol. The zero-order valence-electron chi connectivity index (χ0n) is 19.9. The van der Waals surface area contributed by atoms with Gasteiger partial charge in [-0.15, -0.1) is 24.0 Å². The van der Waals surface area contributed by atoms with Gasteiger partial charge < -0.3 is 30.3 Å². The van der Waals surface area contributed by atoms with Crippen LogP contribution in [0.2, 0.25) is 0 Å². The molecule has 0 saturated carbocycles. The molecule has 1 atom stereocenters. The van der Waals surface area contributed by atoms with Crippen molar-refractivity contribution in [2.75, 3.05) is 46.4 Å². The molecule has 1 saturated heterocycles. The van der Waals surface area contributed by atoms with E-state index in [-0.39, 0.29) is 35.9 Å². The van der Waals surface area contributed by atoms with Crippen LogP contribution in [0, 0.1) is 5.92 Å². The standard InChI is InChI=1S/C21H43N5O3.HI/c1-8-22-19(24-17-9-11-26(12-10-17)13-14-28-7)23-15-18(16(2)3)25-20(27)29-21(4,5)6;/h16-18H,8-15H2,1-7H3,(H,25,27)(H2,22,23,24);1H. The van der Waals surface area contributed by atoms with Crippen molar-refractivity contribution in [1.29, 1.82) is 0 Å². The third-order valence-corrected chi connectivity index (χ3v) is 4.84. The number of hydrogen-bond donors (Lipinski definition) is 3. The fourth-order valence-corrected chi connectivity index (χ4v) is 3.11. The zero-order valence-corrected chi connectivity index (χ0v) is 22.2. The van der Waals surface area contributed by atoms with Gasteiger partial charge in [0.1, 0.15) is 5.60 Å². The van der Waals surface area contributed by atoms with E-state index in [9.17, 15) is 4.79 Å².